The number of rotatable bonds is 9. The minimum absolute atomic E-state index is 0.326. The van der Waals surface area contributed by atoms with E-state index in [1.165, 1.54) is 0 Å². The molecule has 0 spiro atoms. The molecule has 1 aromatic heterocycles. The Balaban J connectivity index is 2.76. The van der Waals surface area contributed by atoms with E-state index in [9.17, 15) is 0 Å². The zero-order valence-corrected chi connectivity index (χ0v) is 12.8. The highest BCUT2D eigenvalue weighted by Crippen LogP contribution is 2.26. The van der Waals surface area contributed by atoms with Crippen LogP contribution in [0.15, 0.2) is 0 Å². The van der Waals surface area contributed by atoms with E-state index in [0.717, 1.165) is 19.5 Å². The van der Waals surface area contributed by atoms with Crippen LogP contribution in [0.5, 0.6) is 5.88 Å². The summed E-state index contributed by atoms with van der Waals surface area (Å²) in [6.07, 6.45) is 1.00. The molecular weight excluding hydrogens is 258 g/mol. The predicted octanol–water partition coefficient (Wildman–Crippen LogP) is 0.968. The lowest BCUT2D eigenvalue weighted by Crippen LogP contribution is -2.18. The normalized spacial score (nSPS) is 10.8. The van der Waals surface area contributed by atoms with E-state index in [1.54, 1.807) is 7.11 Å². The fraction of sp³-hybridized carbons (Fsp3) is 0.692. The van der Waals surface area contributed by atoms with Gasteiger partial charge in [-0.25, -0.2) is 4.98 Å². The molecule has 0 aliphatic heterocycles. The third-order valence-corrected chi connectivity index (χ3v) is 2.59. The summed E-state index contributed by atoms with van der Waals surface area (Å²) in [5.41, 5.74) is 6.45. The Morgan fingerprint density at radius 1 is 1.30 bits per heavy atom. The summed E-state index contributed by atoms with van der Waals surface area (Å²) in [4.78, 5) is 10.7. The molecule has 20 heavy (non-hydrogen) atoms. The molecule has 0 saturated heterocycles. The Labute approximate surface area is 120 Å². The molecule has 114 valence electrons. The van der Waals surface area contributed by atoms with E-state index in [-0.39, 0.29) is 0 Å². The van der Waals surface area contributed by atoms with Gasteiger partial charge < -0.3 is 25.4 Å². The first-order chi connectivity index (χ1) is 9.58. The number of anilines is 2. The van der Waals surface area contributed by atoms with Crippen molar-refractivity contribution >= 4 is 11.5 Å². The molecule has 0 radical (unpaired) electrons. The first kappa shape index (κ1) is 16.5. The van der Waals surface area contributed by atoms with Gasteiger partial charge in [0.15, 0.2) is 11.6 Å². The molecule has 0 unspecified atom stereocenters. The summed E-state index contributed by atoms with van der Waals surface area (Å²) >= 11 is 0. The van der Waals surface area contributed by atoms with Gasteiger partial charge in [-0.1, -0.05) is 0 Å². The van der Waals surface area contributed by atoms with Gasteiger partial charge in [-0.05, 0) is 34.0 Å². The average molecular weight is 283 g/mol. The molecule has 1 rings (SSSR count). The van der Waals surface area contributed by atoms with E-state index in [4.69, 9.17) is 15.2 Å². The third-order valence-electron chi connectivity index (χ3n) is 2.59. The van der Waals surface area contributed by atoms with Crippen molar-refractivity contribution in [1.29, 1.82) is 0 Å². The first-order valence-electron chi connectivity index (χ1n) is 6.75. The minimum Gasteiger partial charge on any atom is -0.476 e. The van der Waals surface area contributed by atoms with Crippen LogP contribution in [-0.4, -0.2) is 55.8 Å². The number of nitrogen functional groups attached to an aromatic ring is 1. The lowest BCUT2D eigenvalue weighted by atomic mass is 10.3. The molecule has 0 aliphatic carbocycles. The van der Waals surface area contributed by atoms with Crippen molar-refractivity contribution in [1.82, 2.24) is 14.9 Å². The number of nitrogens with one attached hydrogen (secondary N) is 1. The number of methoxy groups -OCH3 is 1. The standard InChI is InChI=1S/C13H25N5O2/c1-5-20-13-11(14)12(15-7-6-8-18(2)3)16-10(17-13)9-19-4/h5-9,14H2,1-4H3,(H,15,16,17). The molecule has 0 aliphatic rings. The lowest BCUT2D eigenvalue weighted by Gasteiger charge is -2.14. The molecule has 7 nitrogen and oxygen atoms in total. The molecule has 0 amide bonds. The van der Waals surface area contributed by atoms with Crippen LogP contribution in [0.3, 0.4) is 0 Å². The minimum atomic E-state index is 0.326. The molecule has 0 aromatic carbocycles. The second kappa shape index (κ2) is 8.55. The average Bonchev–Trinajstić information content (AvgIpc) is 2.39. The van der Waals surface area contributed by atoms with Crippen LogP contribution in [0.1, 0.15) is 19.2 Å². The van der Waals surface area contributed by atoms with Crippen molar-refractivity contribution < 1.29 is 9.47 Å². The number of nitrogens with zero attached hydrogens (tertiary/aromatic N) is 3. The summed E-state index contributed by atoms with van der Waals surface area (Å²) in [5.74, 6) is 1.57. The third kappa shape index (κ3) is 5.18. The van der Waals surface area contributed by atoms with Gasteiger partial charge in [-0.3, -0.25) is 0 Å². The molecule has 7 heteroatoms. The summed E-state index contributed by atoms with van der Waals surface area (Å²) < 4.78 is 10.5. The molecule has 0 atom stereocenters. The fourth-order valence-corrected chi connectivity index (χ4v) is 1.67. The fourth-order valence-electron chi connectivity index (χ4n) is 1.67. The maximum atomic E-state index is 6.01. The van der Waals surface area contributed by atoms with E-state index >= 15 is 0 Å². The van der Waals surface area contributed by atoms with Gasteiger partial charge in [0.05, 0.1) is 6.61 Å². The molecular formula is C13H25N5O2. The van der Waals surface area contributed by atoms with Crippen molar-refractivity contribution in [2.45, 2.75) is 20.0 Å². The van der Waals surface area contributed by atoms with Gasteiger partial charge in [-0.15, -0.1) is 0 Å². The molecule has 0 fully saturated rings. The van der Waals surface area contributed by atoms with Crippen molar-refractivity contribution in [2.75, 3.05) is 52.0 Å². The number of hydrogen-bond donors (Lipinski definition) is 2. The zero-order valence-electron chi connectivity index (χ0n) is 12.8. The Bertz CT molecular complexity index is 412. The van der Waals surface area contributed by atoms with Crippen molar-refractivity contribution in [2.24, 2.45) is 0 Å². The van der Waals surface area contributed by atoms with Crippen LogP contribution in [0, 0.1) is 0 Å². The SMILES string of the molecule is CCOc1nc(COC)nc(NCCCN(C)C)c1N. The van der Waals surface area contributed by atoms with E-state index < -0.39 is 0 Å². The molecule has 1 aromatic rings. The highest BCUT2D eigenvalue weighted by Gasteiger charge is 2.12. The highest BCUT2D eigenvalue weighted by atomic mass is 16.5. The lowest BCUT2D eigenvalue weighted by molar-refractivity contribution is 0.176. The van der Waals surface area contributed by atoms with E-state index in [0.29, 0.717) is 36.4 Å². The van der Waals surface area contributed by atoms with Gasteiger partial charge in [0, 0.05) is 13.7 Å². The Kier molecular flexibility index (Phi) is 7.03. The van der Waals surface area contributed by atoms with Crippen LogP contribution in [-0.2, 0) is 11.3 Å². The second-order valence-corrected chi connectivity index (χ2v) is 4.66. The van der Waals surface area contributed by atoms with Crippen LogP contribution in [0.4, 0.5) is 11.5 Å². The molecule has 3 N–H and O–H groups in total. The van der Waals surface area contributed by atoms with Gasteiger partial charge in [0.1, 0.15) is 12.3 Å². The second-order valence-electron chi connectivity index (χ2n) is 4.66. The highest BCUT2D eigenvalue weighted by molar-refractivity contribution is 5.66. The topological polar surface area (TPSA) is 85.5 Å². The van der Waals surface area contributed by atoms with E-state index in [2.05, 4.69) is 20.2 Å². The van der Waals surface area contributed by atoms with Crippen molar-refractivity contribution in [3.63, 3.8) is 0 Å². The summed E-state index contributed by atoms with van der Waals surface area (Å²) in [5, 5.41) is 3.23. The Hall–Kier alpha value is -1.60. The van der Waals surface area contributed by atoms with Gasteiger partial charge in [-0.2, -0.15) is 4.98 Å². The monoisotopic (exact) mass is 283 g/mol. The maximum absolute atomic E-state index is 6.01. The molecule has 0 bridgehead atoms. The smallest absolute Gasteiger partial charge is 0.242 e. The first-order valence-corrected chi connectivity index (χ1v) is 6.75. The van der Waals surface area contributed by atoms with Crippen molar-refractivity contribution in [3.05, 3.63) is 5.82 Å². The zero-order chi connectivity index (χ0) is 15.0. The number of hydrogen-bond acceptors (Lipinski definition) is 7. The summed E-state index contributed by atoms with van der Waals surface area (Å²) in [6.45, 7) is 4.51. The maximum Gasteiger partial charge on any atom is 0.242 e. The van der Waals surface area contributed by atoms with Crippen LogP contribution in [0.2, 0.25) is 0 Å². The van der Waals surface area contributed by atoms with E-state index in [1.807, 2.05) is 21.0 Å². The van der Waals surface area contributed by atoms with Gasteiger partial charge >= 0.3 is 0 Å². The Morgan fingerprint density at radius 2 is 2.05 bits per heavy atom. The predicted molar refractivity (Wildman–Crippen MR) is 80.0 cm³/mol. The number of ether oxygens (including phenoxy) is 2. The summed E-state index contributed by atoms with van der Waals surface area (Å²) in [6, 6.07) is 0. The van der Waals surface area contributed by atoms with Crippen molar-refractivity contribution in [3.8, 4) is 5.88 Å². The molecule has 0 saturated carbocycles. The number of nitrogens with two attached hydrogens (primary N) is 1. The van der Waals surface area contributed by atoms with Gasteiger partial charge in [0.2, 0.25) is 5.88 Å². The Morgan fingerprint density at radius 3 is 2.65 bits per heavy atom. The number of aromatic nitrogens is 2. The van der Waals surface area contributed by atoms with Crippen LogP contribution < -0.4 is 15.8 Å². The molecule has 1 heterocycles. The summed E-state index contributed by atoms with van der Waals surface area (Å²) in [7, 11) is 5.69. The van der Waals surface area contributed by atoms with Crippen LogP contribution in [0.25, 0.3) is 0 Å². The van der Waals surface area contributed by atoms with Crippen LogP contribution >= 0.6 is 0 Å². The quantitative estimate of drug-likeness (QED) is 0.653. The van der Waals surface area contributed by atoms with Gasteiger partial charge in [0.25, 0.3) is 0 Å². The largest absolute Gasteiger partial charge is 0.476 e.